The smallest absolute Gasteiger partial charge is 0.408 e. The Hall–Kier alpha value is -3.10. The molecule has 2 atom stereocenters. The first-order valence-corrected chi connectivity index (χ1v) is 11.0. The van der Waals surface area contributed by atoms with Crippen LogP contribution in [0.1, 0.15) is 63.8 Å². The molecule has 0 aromatic heterocycles. The Morgan fingerprint density at radius 2 is 1.76 bits per heavy atom. The van der Waals surface area contributed by atoms with Crippen LogP contribution in [0.2, 0.25) is 0 Å². The topological polar surface area (TPSA) is 114 Å². The molecule has 0 aliphatic heterocycles. The molecule has 0 heterocycles. The summed E-state index contributed by atoms with van der Waals surface area (Å²) in [4.78, 5) is 51.9. The molecular formula is C24H37N3O6. The summed E-state index contributed by atoms with van der Waals surface area (Å²) >= 11 is 0. The molecule has 0 bridgehead atoms. The number of alkyl carbamates (subject to hydrolysis) is 1. The van der Waals surface area contributed by atoms with Crippen LogP contribution < -0.4 is 10.6 Å². The van der Waals surface area contributed by atoms with Crippen LogP contribution in [-0.4, -0.2) is 60.6 Å². The molecule has 9 nitrogen and oxygen atoms in total. The van der Waals surface area contributed by atoms with Gasteiger partial charge >= 0.3 is 12.1 Å². The molecule has 184 valence electrons. The van der Waals surface area contributed by atoms with Gasteiger partial charge in [0, 0.05) is 6.54 Å². The fraction of sp³-hybridized carbons (Fsp3) is 0.583. The number of nitrogens with zero attached hydrogens (tertiary/aromatic N) is 1. The number of carbonyl (C=O) groups is 4. The highest BCUT2D eigenvalue weighted by Gasteiger charge is 2.35. The molecule has 33 heavy (non-hydrogen) atoms. The first kappa shape index (κ1) is 27.9. The van der Waals surface area contributed by atoms with Crippen LogP contribution in [-0.2, 0) is 23.9 Å². The highest BCUT2D eigenvalue weighted by atomic mass is 16.6. The van der Waals surface area contributed by atoms with E-state index in [-0.39, 0.29) is 13.1 Å². The average Bonchev–Trinajstić information content (AvgIpc) is 2.71. The normalized spacial score (nSPS) is 12.8. The van der Waals surface area contributed by atoms with Crippen molar-refractivity contribution in [3.63, 3.8) is 0 Å². The monoisotopic (exact) mass is 463 g/mol. The van der Waals surface area contributed by atoms with Gasteiger partial charge in [-0.25, -0.2) is 4.79 Å². The Kier molecular flexibility index (Phi) is 10.3. The van der Waals surface area contributed by atoms with Gasteiger partial charge in [-0.15, -0.1) is 0 Å². The van der Waals surface area contributed by atoms with Gasteiger partial charge in [0.1, 0.15) is 24.2 Å². The fourth-order valence-electron chi connectivity index (χ4n) is 3.24. The number of benzene rings is 1. The Bertz CT molecular complexity index is 862. The Labute approximate surface area is 196 Å². The molecule has 2 N–H and O–H groups in total. The maximum atomic E-state index is 13.4. The van der Waals surface area contributed by atoms with Crippen molar-refractivity contribution in [1.29, 1.82) is 0 Å². The lowest BCUT2D eigenvalue weighted by molar-refractivity contribution is -0.144. The van der Waals surface area contributed by atoms with Crippen LogP contribution in [0.25, 0.3) is 0 Å². The SMILES string of the molecule is CCCN(C(=O)C(C)NC(=O)OC(C)(C)C)C(C(=O)NCC(=O)OC)c1cc(C)ccc1C. The van der Waals surface area contributed by atoms with Crippen molar-refractivity contribution >= 4 is 23.9 Å². The molecule has 0 fully saturated rings. The van der Waals surface area contributed by atoms with Gasteiger partial charge in [0.05, 0.1) is 7.11 Å². The molecule has 3 amide bonds. The van der Waals surface area contributed by atoms with Crippen LogP contribution in [0.15, 0.2) is 18.2 Å². The number of rotatable bonds is 9. The van der Waals surface area contributed by atoms with E-state index in [1.54, 1.807) is 27.7 Å². The number of aryl methyl sites for hydroxylation is 2. The minimum Gasteiger partial charge on any atom is -0.468 e. The number of amides is 3. The molecule has 0 aliphatic rings. The fourth-order valence-corrected chi connectivity index (χ4v) is 3.24. The largest absolute Gasteiger partial charge is 0.468 e. The van der Waals surface area contributed by atoms with Gasteiger partial charge in [-0.3, -0.25) is 14.4 Å². The summed E-state index contributed by atoms with van der Waals surface area (Å²) < 4.78 is 9.86. The maximum absolute atomic E-state index is 13.4. The zero-order chi connectivity index (χ0) is 25.3. The van der Waals surface area contributed by atoms with Gasteiger partial charge < -0.3 is 25.0 Å². The van der Waals surface area contributed by atoms with E-state index < -0.39 is 41.6 Å². The van der Waals surface area contributed by atoms with Crippen LogP contribution in [0.3, 0.4) is 0 Å². The van der Waals surface area contributed by atoms with Gasteiger partial charge in [0.25, 0.3) is 0 Å². The molecule has 0 spiro atoms. The standard InChI is InChI=1S/C24H37N3O6/c1-9-12-27(22(30)17(4)26-23(31)33-24(5,6)7)20(21(29)25-14-19(28)32-8)18-13-15(2)10-11-16(18)3/h10-11,13,17,20H,9,12,14H2,1-8H3,(H,25,29)(H,26,31). The molecule has 0 radical (unpaired) electrons. The van der Waals surface area contributed by atoms with E-state index in [2.05, 4.69) is 15.4 Å². The third kappa shape index (κ3) is 8.75. The second-order valence-corrected chi connectivity index (χ2v) is 8.96. The van der Waals surface area contributed by atoms with Gasteiger partial charge in [-0.05, 0) is 59.1 Å². The summed E-state index contributed by atoms with van der Waals surface area (Å²) in [6.45, 7) is 12.3. The first-order chi connectivity index (χ1) is 15.3. The number of hydrogen-bond acceptors (Lipinski definition) is 6. The van der Waals surface area contributed by atoms with Crippen molar-refractivity contribution in [3.05, 3.63) is 34.9 Å². The molecule has 0 saturated heterocycles. The Morgan fingerprint density at radius 3 is 2.30 bits per heavy atom. The number of esters is 1. The molecule has 2 unspecified atom stereocenters. The summed E-state index contributed by atoms with van der Waals surface area (Å²) in [5.41, 5.74) is 1.67. The highest BCUT2D eigenvalue weighted by Crippen LogP contribution is 2.27. The summed E-state index contributed by atoms with van der Waals surface area (Å²) in [6, 6.07) is 3.71. The quantitative estimate of drug-likeness (QED) is 0.545. The molecule has 1 aromatic carbocycles. The predicted octanol–water partition coefficient (Wildman–Crippen LogP) is 2.79. The Balaban J connectivity index is 3.32. The van der Waals surface area contributed by atoms with E-state index in [9.17, 15) is 19.2 Å². The van der Waals surface area contributed by atoms with Crippen molar-refractivity contribution in [3.8, 4) is 0 Å². The third-order valence-electron chi connectivity index (χ3n) is 4.78. The van der Waals surface area contributed by atoms with Gasteiger partial charge in [-0.2, -0.15) is 0 Å². The number of hydrogen-bond donors (Lipinski definition) is 2. The van der Waals surface area contributed by atoms with Crippen molar-refractivity contribution in [2.45, 2.75) is 72.6 Å². The first-order valence-electron chi connectivity index (χ1n) is 11.0. The molecule has 1 rings (SSSR count). The van der Waals surface area contributed by atoms with E-state index in [4.69, 9.17) is 4.74 Å². The zero-order valence-electron chi connectivity index (χ0n) is 20.9. The van der Waals surface area contributed by atoms with Gasteiger partial charge in [0.15, 0.2) is 0 Å². The summed E-state index contributed by atoms with van der Waals surface area (Å²) in [7, 11) is 1.23. The van der Waals surface area contributed by atoms with E-state index in [1.807, 2.05) is 39.0 Å². The number of ether oxygens (including phenoxy) is 2. The number of methoxy groups -OCH3 is 1. The number of nitrogens with one attached hydrogen (secondary N) is 2. The third-order valence-corrected chi connectivity index (χ3v) is 4.78. The molecule has 0 saturated carbocycles. The van der Waals surface area contributed by atoms with Crippen LogP contribution in [0.5, 0.6) is 0 Å². The summed E-state index contributed by atoms with van der Waals surface area (Å²) in [5.74, 6) is -1.56. The minimum absolute atomic E-state index is 0.267. The predicted molar refractivity (Wildman–Crippen MR) is 125 cm³/mol. The Morgan fingerprint density at radius 1 is 1.12 bits per heavy atom. The van der Waals surface area contributed by atoms with Crippen LogP contribution >= 0.6 is 0 Å². The van der Waals surface area contributed by atoms with E-state index >= 15 is 0 Å². The van der Waals surface area contributed by atoms with Crippen molar-refractivity contribution < 1.29 is 28.7 Å². The minimum atomic E-state index is -0.995. The molecule has 9 heteroatoms. The van der Waals surface area contributed by atoms with Crippen LogP contribution in [0.4, 0.5) is 4.79 Å². The van der Waals surface area contributed by atoms with E-state index in [1.165, 1.54) is 12.0 Å². The zero-order valence-corrected chi connectivity index (χ0v) is 20.9. The molecule has 1 aromatic rings. The second-order valence-electron chi connectivity index (χ2n) is 8.96. The highest BCUT2D eigenvalue weighted by molar-refractivity contribution is 5.93. The molecule has 0 aliphatic carbocycles. The average molecular weight is 464 g/mol. The summed E-state index contributed by atoms with van der Waals surface area (Å²) in [5, 5.41) is 5.11. The lowest BCUT2D eigenvalue weighted by Crippen LogP contribution is -2.52. The lowest BCUT2D eigenvalue weighted by Gasteiger charge is -2.34. The van der Waals surface area contributed by atoms with E-state index in [0.717, 1.165) is 11.1 Å². The lowest BCUT2D eigenvalue weighted by atomic mass is 9.96. The number of carbonyl (C=O) groups excluding carboxylic acids is 4. The summed E-state index contributed by atoms with van der Waals surface area (Å²) in [6.07, 6.45) is -0.144. The second kappa shape index (κ2) is 12.2. The maximum Gasteiger partial charge on any atom is 0.408 e. The van der Waals surface area contributed by atoms with Crippen molar-refractivity contribution in [1.82, 2.24) is 15.5 Å². The van der Waals surface area contributed by atoms with Gasteiger partial charge in [0.2, 0.25) is 11.8 Å². The van der Waals surface area contributed by atoms with Crippen LogP contribution in [0, 0.1) is 13.8 Å². The van der Waals surface area contributed by atoms with Crippen molar-refractivity contribution in [2.75, 3.05) is 20.2 Å². The van der Waals surface area contributed by atoms with Crippen molar-refractivity contribution in [2.24, 2.45) is 0 Å². The molecular weight excluding hydrogens is 426 g/mol. The van der Waals surface area contributed by atoms with Gasteiger partial charge in [-0.1, -0.05) is 30.7 Å². The van der Waals surface area contributed by atoms with E-state index in [0.29, 0.717) is 12.0 Å².